The molecule has 6 nitrogen and oxygen atoms in total. The van der Waals surface area contributed by atoms with Crippen LogP contribution in [0, 0.1) is 0 Å². The summed E-state index contributed by atoms with van der Waals surface area (Å²) in [6, 6.07) is 11.2. The maximum atomic E-state index is 11.7. The van der Waals surface area contributed by atoms with Gasteiger partial charge in [0, 0.05) is 61.5 Å². The number of hydrogen-bond acceptors (Lipinski definition) is 6. The minimum absolute atomic E-state index is 0.0606. The number of methoxy groups -OCH3 is 2. The molecule has 1 fully saturated rings. The lowest BCUT2D eigenvalue weighted by Crippen LogP contribution is -2.45. The quantitative estimate of drug-likeness (QED) is 0.622. The predicted molar refractivity (Wildman–Crippen MR) is 117 cm³/mol. The van der Waals surface area contributed by atoms with Crippen LogP contribution in [-0.4, -0.2) is 61.8 Å². The number of piperazine rings is 1. The van der Waals surface area contributed by atoms with E-state index in [1.165, 1.54) is 0 Å². The average molecular weight is 411 g/mol. The summed E-state index contributed by atoms with van der Waals surface area (Å²) < 4.78 is 11.0. The Bertz CT molecular complexity index is 842. The van der Waals surface area contributed by atoms with Crippen LogP contribution in [0.15, 0.2) is 36.4 Å². The van der Waals surface area contributed by atoms with E-state index < -0.39 is 0 Å². The van der Waals surface area contributed by atoms with Crippen LogP contribution >= 0.6 is 0 Å². The molecule has 0 bridgehead atoms. The second kappa shape index (κ2) is 9.87. The Morgan fingerprint density at radius 1 is 0.733 bits per heavy atom. The van der Waals surface area contributed by atoms with Crippen molar-refractivity contribution in [2.24, 2.45) is 0 Å². The summed E-state index contributed by atoms with van der Waals surface area (Å²) in [5.74, 6) is 1.75. The Hall–Kier alpha value is -2.70. The lowest BCUT2D eigenvalue weighted by molar-refractivity contribution is 0.100. The molecule has 2 aromatic rings. The minimum atomic E-state index is 0.0606. The number of carbonyl (C=O) groups excluding carboxylic acids is 2. The summed E-state index contributed by atoms with van der Waals surface area (Å²) in [6.07, 6.45) is 0. The Labute approximate surface area is 178 Å². The van der Waals surface area contributed by atoms with E-state index in [9.17, 15) is 9.59 Å². The molecule has 0 unspecified atom stereocenters. The number of nitrogens with zero attached hydrogens (tertiary/aromatic N) is 2. The van der Waals surface area contributed by atoms with Gasteiger partial charge in [-0.25, -0.2) is 0 Å². The van der Waals surface area contributed by atoms with Crippen LogP contribution in [0.25, 0.3) is 0 Å². The van der Waals surface area contributed by atoms with Crippen molar-refractivity contribution in [3.8, 4) is 11.5 Å². The molecule has 0 saturated carbocycles. The van der Waals surface area contributed by atoms with Crippen molar-refractivity contribution < 1.29 is 19.1 Å². The highest BCUT2D eigenvalue weighted by molar-refractivity contribution is 5.94. The highest BCUT2D eigenvalue weighted by Gasteiger charge is 2.20. The first kappa shape index (κ1) is 22.0. The van der Waals surface area contributed by atoms with E-state index in [1.54, 1.807) is 28.1 Å². The normalized spacial score (nSPS) is 15.1. The summed E-state index contributed by atoms with van der Waals surface area (Å²) >= 11 is 0. The molecule has 1 saturated heterocycles. The number of hydrogen-bond donors (Lipinski definition) is 0. The topological polar surface area (TPSA) is 59.1 Å². The van der Waals surface area contributed by atoms with Crippen molar-refractivity contribution >= 4 is 11.6 Å². The zero-order valence-corrected chi connectivity index (χ0v) is 18.2. The van der Waals surface area contributed by atoms with Crippen LogP contribution in [0.2, 0.25) is 0 Å². The molecule has 0 amide bonds. The zero-order chi connectivity index (χ0) is 21.7. The van der Waals surface area contributed by atoms with Crippen molar-refractivity contribution in [2.45, 2.75) is 26.9 Å². The summed E-state index contributed by atoms with van der Waals surface area (Å²) in [7, 11) is 3.32. The van der Waals surface area contributed by atoms with Gasteiger partial charge in [0.1, 0.15) is 11.5 Å². The van der Waals surface area contributed by atoms with Gasteiger partial charge in [-0.2, -0.15) is 0 Å². The van der Waals surface area contributed by atoms with Crippen molar-refractivity contribution in [1.29, 1.82) is 0 Å². The summed E-state index contributed by atoms with van der Waals surface area (Å²) in [5, 5.41) is 0. The summed E-state index contributed by atoms with van der Waals surface area (Å²) in [6.45, 7) is 8.34. The molecule has 2 aromatic carbocycles. The number of benzene rings is 2. The van der Waals surface area contributed by atoms with E-state index in [0.29, 0.717) is 11.1 Å². The first-order chi connectivity index (χ1) is 14.4. The standard InChI is InChI=1S/C24H30N2O4/c1-17(27)19-5-7-23(29-3)21(13-19)15-25-9-11-26(12-10-25)16-22-14-20(18(2)28)6-8-24(22)30-4/h5-8,13-14H,9-12,15-16H2,1-4H3. The molecule has 1 heterocycles. The van der Waals surface area contributed by atoms with E-state index in [-0.39, 0.29) is 11.6 Å². The molecule has 6 heteroatoms. The molecule has 160 valence electrons. The Morgan fingerprint density at radius 2 is 1.10 bits per heavy atom. The molecule has 0 radical (unpaired) electrons. The van der Waals surface area contributed by atoms with Crippen LogP contribution < -0.4 is 9.47 Å². The van der Waals surface area contributed by atoms with Gasteiger partial charge in [0.25, 0.3) is 0 Å². The maximum absolute atomic E-state index is 11.7. The van der Waals surface area contributed by atoms with E-state index in [1.807, 2.05) is 36.4 Å². The molecule has 3 rings (SSSR count). The smallest absolute Gasteiger partial charge is 0.159 e. The van der Waals surface area contributed by atoms with Crippen molar-refractivity contribution in [2.75, 3.05) is 40.4 Å². The first-order valence-electron chi connectivity index (χ1n) is 10.2. The predicted octanol–water partition coefficient (Wildman–Crippen LogP) is 3.43. The fourth-order valence-corrected chi connectivity index (χ4v) is 3.83. The largest absolute Gasteiger partial charge is 0.496 e. The molecule has 30 heavy (non-hydrogen) atoms. The van der Waals surface area contributed by atoms with E-state index in [2.05, 4.69) is 9.80 Å². The monoisotopic (exact) mass is 410 g/mol. The molecule has 1 aliphatic heterocycles. The van der Waals surface area contributed by atoms with E-state index in [4.69, 9.17) is 9.47 Å². The Kier molecular flexibility index (Phi) is 7.24. The zero-order valence-electron chi connectivity index (χ0n) is 18.2. The number of rotatable bonds is 8. The number of Topliss-reactive ketones (excluding diaryl/α,β-unsaturated/α-hetero) is 2. The third-order valence-corrected chi connectivity index (χ3v) is 5.63. The second-order valence-electron chi connectivity index (χ2n) is 7.72. The van der Waals surface area contributed by atoms with Gasteiger partial charge >= 0.3 is 0 Å². The number of ketones is 2. The Morgan fingerprint density at radius 3 is 1.40 bits per heavy atom. The first-order valence-corrected chi connectivity index (χ1v) is 10.2. The molecular formula is C24H30N2O4. The van der Waals surface area contributed by atoms with Crippen LogP contribution in [0.3, 0.4) is 0 Å². The second-order valence-corrected chi connectivity index (χ2v) is 7.72. The van der Waals surface area contributed by atoms with E-state index >= 15 is 0 Å². The lowest BCUT2D eigenvalue weighted by atomic mass is 10.1. The molecule has 1 aliphatic rings. The Balaban J connectivity index is 1.63. The summed E-state index contributed by atoms with van der Waals surface area (Å²) in [5.41, 5.74) is 3.49. The third-order valence-electron chi connectivity index (χ3n) is 5.63. The van der Waals surface area contributed by atoms with Gasteiger partial charge in [0.2, 0.25) is 0 Å². The number of ether oxygens (including phenoxy) is 2. The van der Waals surface area contributed by atoms with Crippen molar-refractivity contribution in [1.82, 2.24) is 9.80 Å². The highest BCUT2D eigenvalue weighted by Crippen LogP contribution is 2.25. The van der Waals surface area contributed by atoms with Crippen LogP contribution in [-0.2, 0) is 13.1 Å². The fraction of sp³-hybridized carbons (Fsp3) is 0.417. The fourth-order valence-electron chi connectivity index (χ4n) is 3.83. The van der Waals surface area contributed by atoms with Crippen LogP contribution in [0.1, 0.15) is 45.7 Å². The van der Waals surface area contributed by atoms with Crippen LogP contribution in [0.5, 0.6) is 11.5 Å². The minimum Gasteiger partial charge on any atom is -0.496 e. The molecule has 0 N–H and O–H groups in total. The average Bonchev–Trinajstić information content (AvgIpc) is 2.74. The van der Waals surface area contributed by atoms with Crippen molar-refractivity contribution in [3.05, 3.63) is 58.7 Å². The van der Waals surface area contributed by atoms with Gasteiger partial charge in [0.15, 0.2) is 11.6 Å². The number of carbonyl (C=O) groups is 2. The SMILES string of the molecule is COc1ccc(C(C)=O)cc1CN1CCN(Cc2cc(C(C)=O)ccc2OC)CC1. The van der Waals surface area contributed by atoms with Gasteiger partial charge in [-0.3, -0.25) is 19.4 Å². The van der Waals surface area contributed by atoms with Gasteiger partial charge in [-0.05, 0) is 50.2 Å². The lowest BCUT2D eigenvalue weighted by Gasteiger charge is -2.35. The summed E-state index contributed by atoms with van der Waals surface area (Å²) in [4.78, 5) is 28.2. The molecule has 0 atom stereocenters. The van der Waals surface area contributed by atoms with Gasteiger partial charge in [-0.1, -0.05) is 0 Å². The van der Waals surface area contributed by atoms with E-state index in [0.717, 1.165) is 61.9 Å². The van der Waals surface area contributed by atoms with Crippen LogP contribution in [0.4, 0.5) is 0 Å². The molecule has 0 aliphatic carbocycles. The highest BCUT2D eigenvalue weighted by atomic mass is 16.5. The van der Waals surface area contributed by atoms with Gasteiger partial charge in [-0.15, -0.1) is 0 Å². The van der Waals surface area contributed by atoms with Crippen molar-refractivity contribution in [3.63, 3.8) is 0 Å². The molecular weight excluding hydrogens is 380 g/mol. The van der Waals surface area contributed by atoms with Gasteiger partial charge < -0.3 is 9.47 Å². The third kappa shape index (κ3) is 5.26. The maximum Gasteiger partial charge on any atom is 0.159 e. The molecule has 0 spiro atoms. The van der Waals surface area contributed by atoms with Gasteiger partial charge in [0.05, 0.1) is 14.2 Å². The molecule has 0 aromatic heterocycles.